The maximum absolute atomic E-state index is 10.0. The minimum atomic E-state index is -0.465. The van der Waals surface area contributed by atoms with Gasteiger partial charge in [0.2, 0.25) is 0 Å². The molecule has 0 heterocycles. The number of hydrogen-bond donors (Lipinski definition) is 1. The molecule has 0 amide bonds. The Morgan fingerprint density at radius 1 is 1.06 bits per heavy atom. The summed E-state index contributed by atoms with van der Waals surface area (Å²) >= 11 is 0. The van der Waals surface area contributed by atoms with E-state index in [0.717, 1.165) is 24.0 Å². The average Bonchev–Trinajstić information content (AvgIpc) is 2.42. The lowest BCUT2D eigenvalue weighted by molar-refractivity contribution is 0.219. The van der Waals surface area contributed by atoms with Gasteiger partial charge < -0.3 is 5.11 Å². The number of allylic oxidation sites excluding steroid dienone is 2. The minimum absolute atomic E-state index is 0.465. The van der Waals surface area contributed by atoms with Crippen molar-refractivity contribution in [3.63, 3.8) is 0 Å². The van der Waals surface area contributed by atoms with Gasteiger partial charge >= 0.3 is 0 Å². The van der Waals surface area contributed by atoms with Crippen molar-refractivity contribution >= 4 is 0 Å². The highest BCUT2D eigenvalue weighted by Gasteiger charge is 2.11. The van der Waals surface area contributed by atoms with Crippen LogP contribution in [-0.2, 0) is 0 Å². The van der Waals surface area contributed by atoms with E-state index in [1.807, 2.05) is 50.3 Å². The van der Waals surface area contributed by atoms with Crippen molar-refractivity contribution < 1.29 is 5.11 Å². The lowest BCUT2D eigenvalue weighted by Gasteiger charge is -2.14. The quantitative estimate of drug-likeness (QED) is 0.791. The van der Waals surface area contributed by atoms with Crippen molar-refractivity contribution in [2.75, 3.05) is 0 Å². The van der Waals surface area contributed by atoms with Crippen molar-refractivity contribution in [1.29, 1.82) is 0 Å². The second kappa shape index (κ2) is 7.02. The maximum atomic E-state index is 10.0. The fourth-order valence-corrected chi connectivity index (χ4v) is 1.66. The van der Waals surface area contributed by atoms with E-state index in [9.17, 15) is 5.11 Å². The van der Waals surface area contributed by atoms with E-state index in [0.29, 0.717) is 0 Å². The second-order valence-electron chi connectivity index (χ2n) is 3.50. The molecule has 1 nitrogen and oxygen atoms in total. The molecule has 2 rings (SSSR count). The molecule has 1 aliphatic rings. The molecule has 0 aromatic heterocycles. The summed E-state index contributed by atoms with van der Waals surface area (Å²) in [6.07, 6.45) is 7.90. The first kappa shape index (κ1) is 12.7. The molecule has 0 saturated heterocycles. The molecule has 0 bridgehead atoms. The van der Waals surface area contributed by atoms with Gasteiger partial charge in [0.15, 0.2) is 0 Å². The summed E-state index contributed by atoms with van der Waals surface area (Å²) in [4.78, 5) is 0. The molecule has 1 atom stereocenters. The van der Waals surface area contributed by atoms with Crippen LogP contribution in [0.5, 0.6) is 0 Å². The highest BCUT2D eigenvalue weighted by molar-refractivity contribution is 5.33. The lowest BCUT2D eigenvalue weighted by Crippen LogP contribution is -2.01. The predicted molar refractivity (Wildman–Crippen MR) is 69.2 cm³/mol. The van der Waals surface area contributed by atoms with Crippen LogP contribution in [-0.4, -0.2) is 5.11 Å². The molecule has 1 aliphatic carbocycles. The van der Waals surface area contributed by atoms with Crippen molar-refractivity contribution in [2.24, 2.45) is 0 Å². The van der Waals surface area contributed by atoms with Gasteiger partial charge in [-0.25, -0.2) is 0 Å². The smallest absolute Gasteiger partial charge is 0.104 e. The van der Waals surface area contributed by atoms with E-state index < -0.39 is 6.10 Å². The Balaban J connectivity index is 0.000000606. The second-order valence-corrected chi connectivity index (χ2v) is 3.50. The number of benzene rings is 1. The third-order valence-electron chi connectivity index (χ3n) is 2.45. The lowest BCUT2D eigenvalue weighted by atomic mass is 9.97. The van der Waals surface area contributed by atoms with Gasteiger partial charge in [-0.1, -0.05) is 62.4 Å². The number of hydrogen-bond acceptors (Lipinski definition) is 1. The standard InChI is InChI=1S/C13H14O.C2H6/c14-13(11-7-3-1-4-8-11)12-9-5-2-6-10-12;1-2/h1,3-5,7-10,13-14H,2,6H2;1-2H3. The fourth-order valence-electron chi connectivity index (χ4n) is 1.66. The van der Waals surface area contributed by atoms with Gasteiger partial charge in [-0.15, -0.1) is 0 Å². The van der Waals surface area contributed by atoms with E-state index in [1.165, 1.54) is 0 Å². The molecule has 0 fully saturated rings. The summed E-state index contributed by atoms with van der Waals surface area (Å²) in [6, 6.07) is 9.76. The SMILES string of the molecule is CC.OC(C1=CCCC=C1)c1ccccc1. The van der Waals surface area contributed by atoms with Crippen LogP contribution < -0.4 is 0 Å². The van der Waals surface area contributed by atoms with E-state index in [1.54, 1.807) is 0 Å². The maximum Gasteiger partial charge on any atom is 0.104 e. The van der Waals surface area contributed by atoms with Gasteiger partial charge in [0.1, 0.15) is 6.10 Å². The first-order valence-corrected chi connectivity index (χ1v) is 5.97. The molecule has 1 heteroatoms. The van der Waals surface area contributed by atoms with Crippen LogP contribution in [0.15, 0.2) is 54.1 Å². The Morgan fingerprint density at radius 2 is 1.75 bits per heavy atom. The van der Waals surface area contributed by atoms with Crippen LogP contribution in [0.2, 0.25) is 0 Å². The van der Waals surface area contributed by atoms with E-state index in [4.69, 9.17) is 0 Å². The van der Waals surface area contributed by atoms with E-state index in [-0.39, 0.29) is 0 Å². The Morgan fingerprint density at radius 3 is 2.31 bits per heavy atom. The Kier molecular flexibility index (Phi) is 5.58. The summed E-state index contributed by atoms with van der Waals surface area (Å²) in [5.74, 6) is 0. The molecule has 0 spiro atoms. The summed E-state index contributed by atoms with van der Waals surface area (Å²) in [5, 5.41) is 10.0. The Bertz CT molecular complexity index is 349. The number of rotatable bonds is 2. The van der Waals surface area contributed by atoms with Gasteiger partial charge in [0.25, 0.3) is 0 Å². The topological polar surface area (TPSA) is 20.2 Å². The normalized spacial score (nSPS) is 15.8. The Labute approximate surface area is 98.1 Å². The first-order valence-electron chi connectivity index (χ1n) is 5.97. The molecule has 0 aliphatic heterocycles. The monoisotopic (exact) mass is 216 g/mol. The van der Waals surface area contributed by atoms with Gasteiger partial charge in [-0.2, -0.15) is 0 Å². The molecule has 1 aromatic rings. The summed E-state index contributed by atoms with van der Waals surface area (Å²) in [7, 11) is 0. The fraction of sp³-hybridized carbons (Fsp3) is 0.333. The molecule has 0 radical (unpaired) electrons. The van der Waals surface area contributed by atoms with Crippen LogP contribution >= 0.6 is 0 Å². The van der Waals surface area contributed by atoms with E-state index in [2.05, 4.69) is 12.2 Å². The van der Waals surface area contributed by atoms with Crippen LogP contribution in [0.3, 0.4) is 0 Å². The van der Waals surface area contributed by atoms with Crippen molar-refractivity contribution in [3.8, 4) is 0 Å². The van der Waals surface area contributed by atoms with Crippen LogP contribution in [0.1, 0.15) is 38.4 Å². The van der Waals surface area contributed by atoms with Gasteiger partial charge in [-0.3, -0.25) is 0 Å². The molecule has 1 N–H and O–H groups in total. The molecule has 1 unspecified atom stereocenters. The number of aliphatic hydroxyl groups is 1. The summed E-state index contributed by atoms with van der Waals surface area (Å²) in [5.41, 5.74) is 1.98. The van der Waals surface area contributed by atoms with Crippen LogP contribution in [0, 0.1) is 0 Å². The molecule has 16 heavy (non-hydrogen) atoms. The van der Waals surface area contributed by atoms with Gasteiger partial charge in [-0.05, 0) is 24.0 Å². The van der Waals surface area contributed by atoms with Crippen molar-refractivity contribution in [2.45, 2.75) is 32.8 Å². The zero-order chi connectivity index (χ0) is 11.8. The third-order valence-corrected chi connectivity index (χ3v) is 2.45. The van der Waals surface area contributed by atoms with Crippen LogP contribution in [0.4, 0.5) is 0 Å². The predicted octanol–water partition coefficient (Wildman–Crippen LogP) is 4.02. The summed E-state index contributed by atoms with van der Waals surface area (Å²) < 4.78 is 0. The Hall–Kier alpha value is -1.34. The highest BCUT2D eigenvalue weighted by Crippen LogP contribution is 2.25. The summed E-state index contributed by atoms with van der Waals surface area (Å²) in [6.45, 7) is 4.00. The van der Waals surface area contributed by atoms with Crippen molar-refractivity contribution in [3.05, 3.63) is 59.7 Å². The van der Waals surface area contributed by atoms with Gasteiger partial charge in [0.05, 0.1) is 0 Å². The molecule has 0 saturated carbocycles. The van der Waals surface area contributed by atoms with E-state index >= 15 is 0 Å². The molecule has 86 valence electrons. The van der Waals surface area contributed by atoms with Crippen molar-refractivity contribution in [1.82, 2.24) is 0 Å². The minimum Gasteiger partial charge on any atom is -0.384 e. The first-order chi connectivity index (χ1) is 7.88. The zero-order valence-electron chi connectivity index (χ0n) is 10.1. The van der Waals surface area contributed by atoms with Gasteiger partial charge in [0, 0.05) is 0 Å². The number of aliphatic hydroxyl groups excluding tert-OH is 1. The third kappa shape index (κ3) is 3.35. The molecular weight excluding hydrogens is 196 g/mol. The largest absolute Gasteiger partial charge is 0.384 e. The zero-order valence-corrected chi connectivity index (χ0v) is 10.1. The molecule has 1 aromatic carbocycles. The average molecular weight is 216 g/mol. The molecular formula is C15H20O. The highest BCUT2D eigenvalue weighted by atomic mass is 16.3. The van der Waals surface area contributed by atoms with Crippen LogP contribution in [0.25, 0.3) is 0 Å².